The SMILES string of the molecule is C1=CCCC1.C1=CCCC1.C1=CCN=C1.C1=CCOC1.C1=CCSC1.C1=CN=CC1.C1=CN=NC1.C1=NC=NC1.C1=NN=CC1.C1CCCC1.C1CCOC1.C1CCSC1.O=C1CCCN1.O=C1CNC(=O)N1.O=C1CSC(=O)N1.O=c1[nH]cno1.c1cnoc1.c1cnsc1.c1cocn1.c1conn1.c1cscn1.c1csnn1.c1ncon1.c1ncsn1.c1nnco1.c1nncs1. The molecule has 6 amide bonds. The van der Waals surface area contributed by atoms with E-state index in [1.807, 2.05) is 82.0 Å². The molecule has 15 aliphatic rings. The zero-order valence-electron chi connectivity index (χ0n) is 75.0. The van der Waals surface area contributed by atoms with Crippen molar-refractivity contribution >= 4 is 159 Å². The lowest BCUT2D eigenvalue weighted by Gasteiger charge is -1.80. The van der Waals surface area contributed by atoms with Gasteiger partial charge >= 0.3 is 11.8 Å². The highest BCUT2D eigenvalue weighted by molar-refractivity contribution is 8.14. The lowest BCUT2D eigenvalue weighted by Crippen LogP contribution is -2.22. The van der Waals surface area contributed by atoms with Crippen molar-refractivity contribution in [3.8, 4) is 0 Å². The molecule has 23 heterocycles. The molecular formula is C84H116N30O14S8. The molecule has 734 valence electrons. The van der Waals surface area contributed by atoms with Gasteiger partial charge in [0.2, 0.25) is 36.9 Å². The number of oxazole rings is 1. The van der Waals surface area contributed by atoms with Crippen molar-refractivity contribution in [2.45, 2.75) is 122 Å². The first-order valence-electron chi connectivity index (χ1n) is 42.0. The predicted molar refractivity (Wildman–Crippen MR) is 536 cm³/mol. The van der Waals surface area contributed by atoms with E-state index in [1.165, 1.54) is 235 Å². The number of aromatic nitrogens is 18. The Bertz CT molecular complexity index is 3660. The molecule has 44 nitrogen and oxygen atoms in total. The highest BCUT2D eigenvalue weighted by Crippen LogP contribution is 2.16. The highest BCUT2D eigenvalue weighted by atomic mass is 32.2. The summed E-state index contributed by atoms with van der Waals surface area (Å²) >= 11 is 12.3. The van der Waals surface area contributed by atoms with E-state index >= 15 is 0 Å². The minimum atomic E-state index is -0.519. The Hall–Kier alpha value is -13.0. The minimum absolute atomic E-state index is 0.124. The number of H-pyrrole nitrogens is 1. The number of thiazole rings is 1. The number of amides is 6. The van der Waals surface area contributed by atoms with Crippen LogP contribution < -0.4 is 27.0 Å². The van der Waals surface area contributed by atoms with E-state index in [4.69, 9.17) is 9.47 Å². The van der Waals surface area contributed by atoms with Crippen LogP contribution in [0.5, 0.6) is 0 Å². The van der Waals surface area contributed by atoms with E-state index in [1.54, 1.807) is 114 Å². The average molecular weight is 2030 g/mol. The molecule has 0 atom stereocenters. The molecule has 12 aliphatic heterocycles. The predicted octanol–water partition coefficient (Wildman–Crippen LogP) is 16.2. The van der Waals surface area contributed by atoms with Gasteiger partial charge in [-0.3, -0.25) is 59.3 Å². The van der Waals surface area contributed by atoms with Crippen molar-refractivity contribution in [2.75, 3.05) is 87.9 Å². The maximum atomic E-state index is 10.1. The van der Waals surface area contributed by atoms with Gasteiger partial charge in [0.05, 0.1) is 75.4 Å². The number of ether oxygens (including phenoxy) is 2. The van der Waals surface area contributed by atoms with Crippen LogP contribution in [0, 0.1) is 0 Å². The summed E-state index contributed by atoms with van der Waals surface area (Å²) in [5.41, 5.74) is 6.83. The number of rotatable bonds is 0. The molecule has 5 saturated heterocycles. The van der Waals surface area contributed by atoms with E-state index in [0.29, 0.717) is 5.75 Å². The van der Waals surface area contributed by atoms with Crippen LogP contribution in [0.25, 0.3) is 0 Å². The number of hydrogen-bond acceptors (Lipinski definition) is 47. The third-order valence-corrected chi connectivity index (χ3v) is 19.0. The van der Waals surface area contributed by atoms with Crippen LogP contribution in [0.1, 0.15) is 122 Å². The maximum Gasteiger partial charge on any atom is 0.438 e. The van der Waals surface area contributed by atoms with Gasteiger partial charge in [-0.05, 0) is 141 Å². The summed E-state index contributed by atoms with van der Waals surface area (Å²) in [6.45, 7) is 7.09. The van der Waals surface area contributed by atoms with E-state index in [-0.39, 0.29) is 29.5 Å². The Balaban J connectivity index is 0.000000708. The van der Waals surface area contributed by atoms with Gasteiger partial charge in [0.25, 0.3) is 5.24 Å². The minimum Gasteiger partial charge on any atom is -0.452 e. The fraction of sp³-hybridized carbons (Fsp3) is 0.393. The van der Waals surface area contributed by atoms with E-state index in [2.05, 4.69) is 221 Å². The third kappa shape index (κ3) is 105. The molecule has 0 radical (unpaired) electrons. The lowest BCUT2D eigenvalue weighted by molar-refractivity contribution is -0.119. The number of hydrogen-bond donors (Lipinski definition) is 5. The summed E-state index contributed by atoms with van der Waals surface area (Å²) in [7, 11) is 0. The van der Waals surface area contributed by atoms with Gasteiger partial charge in [-0.25, -0.2) is 33.9 Å². The number of azo groups is 1. The molecule has 11 aromatic rings. The van der Waals surface area contributed by atoms with Crippen LogP contribution in [0.3, 0.4) is 0 Å². The van der Waals surface area contributed by atoms with E-state index in [0.717, 1.165) is 90.1 Å². The number of aromatic amines is 1. The van der Waals surface area contributed by atoms with Crippen molar-refractivity contribution in [3.63, 3.8) is 0 Å². The first-order chi connectivity index (χ1) is 67.4. The Morgan fingerprint density at radius 1 is 0.449 bits per heavy atom. The fourth-order valence-electron chi connectivity index (χ4n) is 8.04. The second-order valence-corrected chi connectivity index (χ2v) is 31.0. The first kappa shape index (κ1) is 121. The second kappa shape index (κ2) is 107. The van der Waals surface area contributed by atoms with Crippen LogP contribution in [0.2, 0.25) is 0 Å². The number of urea groups is 1. The van der Waals surface area contributed by atoms with Crippen molar-refractivity contribution < 1.29 is 60.4 Å². The third-order valence-electron chi connectivity index (χ3n) is 13.9. The topological polar surface area (TPSA) is 582 Å². The van der Waals surface area contributed by atoms with Crippen LogP contribution in [-0.4, -0.2) is 244 Å². The number of aliphatic imine (C=N–C) groups is 4. The van der Waals surface area contributed by atoms with Crippen molar-refractivity contribution in [3.05, 3.63) is 247 Å². The number of nitrogens with one attached hydrogen (secondary N) is 5. The first-order valence-corrected chi connectivity index (χ1v) is 49.6. The van der Waals surface area contributed by atoms with Gasteiger partial charge < -0.3 is 42.5 Å². The normalized spacial score (nSPS) is 15.2. The zero-order valence-corrected chi connectivity index (χ0v) is 81.5. The summed E-state index contributed by atoms with van der Waals surface area (Å²) in [5, 5.41) is 61.9. The van der Waals surface area contributed by atoms with Gasteiger partial charge in [0.1, 0.15) is 54.3 Å². The molecule has 1 saturated carbocycles. The summed E-state index contributed by atoms with van der Waals surface area (Å²) < 4.78 is 46.3. The van der Waals surface area contributed by atoms with Crippen molar-refractivity contribution in [2.24, 2.45) is 40.4 Å². The number of carbonyl (C=O) groups is 5. The highest BCUT2D eigenvalue weighted by Gasteiger charge is 2.17. The Morgan fingerprint density at radius 3 is 1.40 bits per heavy atom. The number of carbonyl (C=O) groups excluding carboxylic acids is 5. The maximum absolute atomic E-state index is 10.1. The van der Waals surface area contributed by atoms with Gasteiger partial charge in [-0.2, -0.15) is 48.3 Å². The molecule has 0 unspecified atom stereocenters. The standard InChI is InChI=1S/C5H10.2C5H8.C4H7NO.2C4H5N.C4H8O.C4H6O.C4H8S.C4H6S.C3H4N2O2.3C3H4N2.C3H3NO2S.2C3H3NO.2C3H3NS.C2H2N2O2.3C2H2N2O.3C2H2N2S/c3*1-2-4-5-3-1;6-4-2-1-3-5-4;6*1-2-4-5-3-1;6-2-1-4-3(7)5-2;1-2-5-3-4-1;2*1-2-4-5-3-1;5-2-1-7-3(6)4-2;1-2-5-3-4-1;1-2-4-5-3-1;1-2-5-3-4-1;1-2-4-5-3-1;5-2-3-1-4-6-2;1-3-4-2-5-1;1-3-2-5-4-1;1-2-5-4-3-1;1-3-4-2-5-1;1-3-2-5-4-1;1-2-5-4-3-1/h1-5H2;2*1-2H,3-5H2;1-3H2,(H,5,6);1,3-4H,2H2;1-3H,4H2;1-4H2;1-2H,3-4H2;1-4H2;1-2H,3-4H2;1H2,(H2,4,5,6,7);1,3H,2H2;2-3H,1H2;1-2H,3H2;1H2,(H,4,5,6);4*1-3H;1H,(H,3,4,5);6*1-2H. The molecule has 0 aromatic carbocycles. The smallest absolute Gasteiger partial charge is 0.438 e. The van der Waals surface area contributed by atoms with Crippen molar-refractivity contribution in [1.29, 1.82) is 0 Å². The lowest BCUT2D eigenvalue weighted by atomic mass is 10.4. The summed E-state index contributed by atoms with van der Waals surface area (Å²) in [4.78, 5) is 91.7. The second-order valence-electron chi connectivity index (χ2n) is 24.4. The molecular weight excluding hydrogens is 1910 g/mol. The van der Waals surface area contributed by atoms with E-state index < -0.39 is 11.8 Å². The molecule has 5 N–H and O–H groups in total. The molecule has 11 aromatic heterocycles. The monoisotopic (exact) mass is 2020 g/mol. The molecule has 0 spiro atoms. The molecule has 0 bridgehead atoms. The number of allylic oxidation sites excluding steroid dienone is 6. The Kier molecular flexibility index (Phi) is 95.6. The average Bonchev–Trinajstić information content (AvgIpc) is 1.84. The van der Waals surface area contributed by atoms with Crippen LogP contribution in [-0.2, 0) is 23.9 Å². The van der Waals surface area contributed by atoms with Crippen LogP contribution >= 0.6 is 92.6 Å². The van der Waals surface area contributed by atoms with Crippen LogP contribution in [0.15, 0.2) is 308 Å². The zero-order chi connectivity index (χ0) is 97.1. The van der Waals surface area contributed by atoms with Crippen LogP contribution in [0.4, 0.5) is 9.59 Å². The number of thioether (sulfide) groups is 3. The number of nitrogens with zero attached hydrogens (tertiary/aromatic N) is 25. The van der Waals surface area contributed by atoms with Gasteiger partial charge in [-0.1, -0.05) is 125 Å². The summed E-state index contributed by atoms with van der Waals surface area (Å²) in [6.07, 6.45) is 87.5. The molecule has 136 heavy (non-hydrogen) atoms. The summed E-state index contributed by atoms with van der Waals surface area (Å²) in [6, 6.07) is 3.23. The fourth-order valence-corrected chi connectivity index (χ4v) is 11.8. The van der Waals surface area contributed by atoms with Gasteiger partial charge in [0, 0.05) is 128 Å². The molecule has 52 heteroatoms. The largest absolute Gasteiger partial charge is 0.452 e. The Labute approximate surface area is 821 Å². The van der Waals surface area contributed by atoms with Crippen molar-refractivity contribution in [1.82, 2.24) is 111 Å². The quantitative estimate of drug-likeness (QED) is 0.0695. The summed E-state index contributed by atoms with van der Waals surface area (Å²) in [5.74, 6) is 4.84. The molecule has 6 fully saturated rings. The number of imide groups is 2. The molecule has 26 rings (SSSR count). The van der Waals surface area contributed by atoms with Gasteiger partial charge in [0.15, 0.2) is 12.7 Å². The molecule has 3 aliphatic carbocycles. The Morgan fingerprint density at radius 2 is 1.22 bits per heavy atom. The van der Waals surface area contributed by atoms with Gasteiger partial charge in [-0.15, -0.1) is 53.3 Å². The van der Waals surface area contributed by atoms with E-state index in [9.17, 15) is 28.8 Å².